The third-order valence-electron chi connectivity index (χ3n) is 14.9. The highest BCUT2D eigenvalue weighted by Gasteiger charge is 2.28. The van der Waals surface area contributed by atoms with Gasteiger partial charge in [-0.3, -0.25) is 13.8 Å². The van der Waals surface area contributed by atoms with Gasteiger partial charge < -0.3 is 19.8 Å². The normalized spacial score (nSPS) is 14.0. The largest absolute Gasteiger partial charge is 0.472 e. The summed E-state index contributed by atoms with van der Waals surface area (Å²) in [6.07, 6.45) is 74.1. The van der Waals surface area contributed by atoms with Crippen LogP contribution in [0.4, 0.5) is 0 Å². The molecule has 0 aromatic carbocycles. The standard InChI is InChI=1S/C65H127N2O6P/c1-6-8-10-12-14-16-18-20-22-24-26-27-28-29-30-31-32-33-34-35-36-37-38-39-41-43-45-47-49-51-53-55-57-59-65(69)66-63(62-73-74(70,71)72-61-60-67(3,4)5)64(68)58-56-54-52-50-48-46-44-42-40-25-23-21-19-17-15-13-11-9-7-2/h18,20,24,26,56,58,63-64,68H,6-17,19,21-23,25,27-55,57,59-62H2,1-5H3,(H-,66,69,70,71)/p+1/b20-18-,26-24-,58-56+. The summed E-state index contributed by atoms with van der Waals surface area (Å²) in [5.41, 5.74) is 0. The van der Waals surface area contributed by atoms with Crippen LogP contribution in [0.2, 0.25) is 0 Å². The lowest BCUT2D eigenvalue weighted by molar-refractivity contribution is -0.870. The number of likely N-dealkylation sites (N-methyl/N-ethyl adjacent to an activating group) is 1. The number of aliphatic hydroxyl groups is 1. The van der Waals surface area contributed by atoms with Crippen molar-refractivity contribution in [1.82, 2.24) is 5.32 Å². The SMILES string of the molecule is CCCCCCC/C=C\C/C=C\CCCCCCCCCCCCCCCCCCCCCCCC(=O)NC(COP(=O)(O)OCC[N+](C)(C)C)C(O)/C=C/CCCCCCCCCCCCCCCCCCC. The van der Waals surface area contributed by atoms with Gasteiger partial charge in [-0.25, -0.2) is 4.57 Å². The molecule has 74 heavy (non-hydrogen) atoms. The molecule has 3 N–H and O–H groups in total. The van der Waals surface area contributed by atoms with Gasteiger partial charge in [0.1, 0.15) is 13.2 Å². The highest BCUT2D eigenvalue weighted by molar-refractivity contribution is 7.47. The van der Waals surface area contributed by atoms with E-state index < -0.39 is 20.0 Å². The van der Waals surface area contributed by atoms with Crippen molar-refractivity contribution in [3.05, 3.63) is 36.5 Å². The number of quaternary nitrogens is 1. The Bertz CT molecular complexity index is 1300. The minimum atomic E-state index is -4.35. The molecule has 3 unspecified atom stereocenters. The van der Waals surface area contributed by atoms with E-state index in [1.165, 1.54) is 263 Å². The van der Waals surface area contributed by atoms with Crippen LogP contribution < -0.4 is 5.32 Å². The molecule has 0 saturated heterocycles. The lowest BCUT2D eigenvalue weighted by atomic mass is 10.0. The first-order valence-electron chi connectivity index (χ1n) is 32.4. The molecule has 8 nitrogen and oxygen atoms in total. The van der Waals surface area contributed by atoms with E-state index in [-0.39, 0.29) is 19.1 Å². The van der Waals surface area contributed by atoms with E-state index in [2.05, 4.69) is 43.5 Å². The first kappa shape index (κ1) is 72.7. The molecule has 0 aromatic heterocycles. The third-order valence-corrected chi connectivity index (χ3v) is 15.8. The Balaban J connectivity index is 4.03. The topological polar surface area (TPSA) is 105 Å². The maximum Gasteiger partial charge on any atom is 0.472 e. The molecule has 9 heteroatoms. The van der Waals surface area contributed by atoms with E-state index in [0.717, 1.165) is 38.5 Å². The van der Waals surface area contributed by atoms with Crippen LogP contribution in [0.5, 0.6) is 0 Å². The highest BCUT2D eigenvalue weighted by atomic mass is 31.2. The molecule has 0 aliphatic carbocycles. The van der Waals surface area contributed by atoms with Crippen LogP contribution in [0, 0.1) is 0 Å². The summed E-state index contributed by atoms with van der Waals surface area (Å²) >= 11 is 0. The van der Waals surface area contributed by atoms with E-state index in [1.807, 2.05) is 27.2 Å². The van der Waals surface area contributed by atoms with Gasteiger partial charge >= 0.3 is 7.82 Å². The second-order valence-electron chi connectivity index (χ2n) is 23.5. The van der Waals surface area contributed by atoms with E-state index in [1.54, 1.807) is 6.08 Å². The highest BCUT2D eigenvalue weighted by Crippen LogP contribution is 2.43. The van der Waals surface area contributed by atoms with Gasteiger partial charge in [-0.05, 0) is 51.4 Å². The van der Waals surface area contributed by atoms with Crippen molar-refractivity contribution in [2.75, 3.05) is 40.9 Å². The fourth-order valence-electron chi connectivity index (χ4n) is 9.78. The smallest absolute Gasteiger partial charge is 0.387 e. The van der Waals surface area contributed by atoms with Gasteiger partial charge in [-0.2, -0.15) is 0 Å². The molecular weight excluding hydrogens is 936 g/mol. The average molecular weight is 1060 g/mol. The Labute approximate surface area is 461 Å². The molecule has 0 rings (SSSR count). The fourth-order valence-corrected chi connectivity index (χ4v) is 10.5. The number of phosphoric ester groups is 1. The number of unbranched alkanes of at least 4 members (excludes halogenated alkanes) is 43. The Morgan fingerprint density at radius 2 is 0.770 bits per heavy atom. The molecule has 0 fully saturated rings. The number of allylic oxidation sites excluding steroid dienone is 5. The molecule has 0 aromatic rings. The zero-order valence-corrected chi connectivity index (χ0v) is 51.0. The number of rotatable bonds is 60. The van der Waals surface area contributed by atoms with Gasteiger partial charge in [0.15, 0.2) is 0 Å². The first-order chi connectivity index (χ1) is 36.0. The summed E-state index contributed by atoms with van der Waals surface area (Å²) < 4.78 is 23.8. The van der Waals surface area contributed by atoms with Crippen molar-refractivity contribution in [2.24, 2.45) is 0 Å². The lowest BCUT2D eigenvalue weighted by Gasteiger charge is -2.25. The van der Waals surface area contributed by atoms with Crippen LogP contribution in [0.1, 0.15) is 322 Å². The van der Waals surface area contributed by atoms with Crippen LogP contribution >= 0.6 is 7.82 Å². The number of amides is 1. The van der Waals surface area contributed by atoms with Crippen LogP contribution in [0.25, 0.3) is 0 Å². The van der Waals surface area contributed by atoms with Crippen molar-refractivity contribution in [3.63, 3.8) is 0 Å². The first-order valence-corrected chi connectivity index (χ1v) is 33.9. The number of hydrogen-bond acceptors (Lipinski definition) is 5. The Hall–Kier alpha value is -1.28. The van der Waals surface area contributed by atoms with Crippen molar-refractivity contribution in [2.45, 2.75) is 334 Å². The van der Waals surface area contributed by atoms with Crippen LogP contribution in [0.15, 0.2) is 36.5 Å². The molecule has 0 bridgehead atoms. The van der Waals surface area contributed by atoms with Gasteiger partial charge in [0.25, 0.3) is 0 Å². The van der Waals surface area contributed by atoms with E-state index in [4.69, 9.17) is 9.05 Å². The Morgan fingerprint density at radius 3 is 1.11 bits per heavy atom. The summed E-state index contributed by atoms with van der Waals surface area (Å²) in [7, 11) is 1.59. The molecule has 0 aliphatic rings. The minimum Gasteiger partial charge on any atom is -0.387 e. The zero-order chi connectivity index (χ0) is 54.2. The third kappa shape index (κ3) is 58.4. The number of carbonyl (C=O) groups excluding carboxylic acids is 1. The molecule has 0 radical (unpaired) electrons. The molecular formula is C65H128N2O6P+. The molecule has 3 atom stereocenters. The van der Waals surface area contributed by atoms with Gasteiger partial charge in [0.05, 0.1) is 39.9 Å². The van der Waals surface area contributed by atoms with Crippen LogP contribution in [0.3, 0.4) is 0 Å². The summed E-state index contributed by atoms with van der Waals surface area (Å²) in [5, 5.41) is 14.0. The van der Waals surface area contributed by atoms with E-state index >= 15 is 0 Å². The summed E-state index contributed by atoms with van der Waals surface area (Å²) in [4.78, 5) is 23.4. The van der Waals surface area contributed by atoms with Gasteiger partial charge in [0.2, 0.25) is 5.91 Å². The maximum absolute atomic E-state index is 13.0. The number of hydrogen-bond donors (Lipinski definition) is 3. The van der Waals surface area contributed by atoms with Gasteiger partial charge in [0, 0.05) is 6.42 Å². The minimum absolute atomic E-state index is 0.0636. The van der Waals surface area contributed by atoms with Crippen molar-refractivity contribution < 1.29 is 32.9 Å². The second-order valence-corrected chi connectivity index (χ2v) is 24.9. The van der Waals surface area contributed by atoms with Gasteiger partial charge in [-0.1, -0.05) is 301 Å². The maximum atomic E-state index is 13.0. The molecule has 0 spiro atoms. The number of carbonyl (C=O) groups is 1. The monoisotopic (exact) mass is 1060 g/mol. The molecule has 0 saturated carbocycles. The van der Waals surface area contributed by atoms with Crippen LogP contribution in [-0.2, 0) is 18.4 Å². The van der Waals surface area contributed by atoms with Crippen molar-refractivity contribution >= 4 is 13.7 Å². The lowest BCUT2D eigenvalue weighted by Crippen LogP contribution is -2.45. The molecule has 438 valence electrons. The van der Waals surface area contributed by atoms with E-state index in [0.29, 0.717) is 17.4 Å². The number of aliphatic hydroxyl groups excluding tert-OH is 1. The summed E-state index contributed by atoms with van der Waals surface area (Å²) in [6, 6.07) is -0.845. The summed E-state index contributed by atoms with van der Waals surface area (Å²) in [6.45, 7) is 4.85. The Kier molecular flexibility index (Phi) is 55.5. The molecule has 0 aliphatic heterocycles. The van der Waals surface area contributed by atoms with Crippen LogP contribution in [-0.4, -0.2) is 73.4 Å². The second kappa shape index (κ2) is 56.4. The predicted octanol–water partition coefficient (Wildman–Crippen LogP) is 20.1. The number of nitrogens with zero attached hydrogens (tertiary/aromatic N) is 1. The van der Waals surface area contributed by atoms with Gasteiger partial charge in [-0.15, -0.1) is 0 Å². The number of nitrogens with one attached hydrogen (secondary N) is 1. The zero-order valence-electron chi connectivity index (χ0n) is 50.1. The van der Waals surface area contributed by atoms with Crippen molar-refractivity contribution in [1.29, 1.82) is 0 Å². The molecule has 0 heterocycles. The Morgan fingerprint density at radius 1 is 0.459 bits per heavy atom. The quantitative estimate of drug-likeness (QED) is 0.0243. The number of phosphoric acid groups is 1. The predicted molar refractivity (Wildman–Crippen MR) is 323 cm³/mol. The fraction of sp³-hybridized carbons (Fsp3) is 0.892. The summed E-state index contributed by atoms with van der Waals surface area (Å²) in [5.74, 6) is -0.171. The van der Waals surface area contributed by atoms with Crippen molar-refractivity contribution in [3.8, 4) is 0 Å². The molecule has 1 amide bonds. The average Bonchev–Trinajstić information content (AvgIpc) is 3.36. The van der Waals surface area contributed by atoms with E-state index in [9.17, 15) is 19.4 Å².